The Morgan fingerprint density at radius 1 is 1.43 bits per heavy atom. The molecule has 3 unspecified atom stereocenters. The van der Waals surface area contributed by atoms with Crippen LogP contribution in [-0.4, -0.2) is 61.0 Å². The van der Waals surface area contributed by atoms with Crippen LogP contribution in [0.2, 0.25) is 0 Å². The first kappa shape index (κ1) is 10.4. The zero-order chi connectivity index (χ0) is 9.97. The van der Waals surface area contributed by atoms with Gasteiger partial charge in [0.2, 0.25) is 0 Å². The number of aliphatic hydroxyl groups is 1. The molecule has 4 nitrogen and oxygen atoms in total. The highest BCUT2D eigenvalue weighted by Gasteiger charge is 2.31. The number of hydrogen-bond donors (Lipinski definition) is 2. The van der Waals surface area contributed by atoms with Crippen molar-refractivity contribution >= 4 is 0 Å². The van der Waals surface area contributed by atoms with Gasteiger partial charge in [0.05, 0.1) is 12.2 Å². The third kappa shape index (κ3) is 2.25. The van der Waals surface area contributed by atoms with Gasteiger partial charge in [-0.25, -0.2) is 0 Å². The molecule has 14 heavy (non-hydrogen) atoms. The fourth-order valence-corrected chi connectivity index (χ4v) is 2.35. The first-order valence-corrected chi connectivity index (χ1v) is 5.52. The van der Waals surface area contributed by atoms with Crippen LogP contribution in [0, 0.1) is 0 Å². The largest absolute Gasteiger partial charge is 0.390 e. The Morgan fingerprint density at radius 3 is 3.00 bits per heavy atom. The van der Waals surface area contributed by atoms with Gasteiger partial charge in [-0.15, -0.1) is 0 Å². The first-order valence-electron chi connectivity index (χ1n) is 5.52. The minimum absolute atomic E-state index is 0.208. The second-order valence-electron chi connectivity index (χ2n) is 4.32. The van der Waals surface area contributed by atoms with Crippen molar-refractivity contribution in [1.29, 1.82) is 0 Å². The minimum atomic E-state index is -0.208. The van der Waals surface area contributed by atoms with Gasteiger partial charge >= 0.3 is 0 Å². The summed E-state index contributed by atoms with van der Waals surface area (Å²) in [7, 11) is 0. The summed E-state index contributed by atoms with van der Waals surface area (Å²) in [6.07, 6.45) is 1.17. The van der Waals surface area contributed by atoms with Crippen molar-refractivity contribution < 1.29 is 9.84 Å². The molecule has 0 aliphatic carbocycles. The summed E-state index contributed by atoms with van der Waals surface area (Å²) in [5.41, 5.74) is 0. The van der Waals surface area contributed by atoms with Crippen LogP contribution in [0.3, 0.4) is 0 Å². The molecule has 0 aromatic rings. The van der Waals surface area contributed by atoms with Gasteiger partial charge in [0.15, 0.2) is 0 Å². The van der Waals surface area contributed by atoms with Crippen molar-refractivity contribution in [3.8, 4) is 0 Å². The maximum absolute atomic E-state index is 9.77. The Bertz CT molecular complexity index is 189. The lowest BCUT2D eigenvalue weighted by Crippen LogP contribution is -2.45. The lowest BCUT2D eigenvalue weighted by molar-refractivity contribution is 0.0425. The first-order chi connectivity index (χ1) is 6.77. The molecular formula is C10H20N2O2. The van der Waals surface area contributed by atoms with Gasteiger partial charge in [0.25, 0.3) is 0 Å². The summed E-state index contributed by atoms with van der Waals surface area (Å²) >= 11 is 0. The fraction of sp³-hybridized carbons (Fsp3) is 1.00. The van der Waals surface area contributed by atoms with E-state index in [1.165, 1.54) is 0 Å². The van der Waals surface area contributed by atoms with Crippen LogP contribution in [0.4, 0.5) is 0 Å². The van der Waals surface area contributed by atoms with Crippen molar-refractivity contribution in [1.82, 2.24) is 10.2 Å². The number of nitrogens with one attached hydrogen (secondary N) is 1. The van der Waals surface area contributed by atoms with Crippen molar-refractivity contribution in [2.75, 3.05) is 32.8 Å². The number of rotatable bonds is 1. The zero-order valence-electron chi connectivity index (χ0n) is 8.78. The second-order valence-corrected chi connectivity index (χ2v) is 4.32. The molecule has 2 aliphatic heterocycles. The molecule has 0 saturated carbocycles. The van der Waals surface area contributed by atoms with Gasteiger partial charge in [0, 0.05) is 38.8 Å². The molecule has 3 atom stereocenters. The standard InChI is InChI=1S/C10H20N2O2/c1-8-7-12(3-2-4-14-8)9-5-11-6-10(9)13/h8-11,13H,2-7H2,1H3. The lowest BCUT2D eigenvalue weighted by atomic mass is 10.1. The van der Waals surface area contributed by atoms with E-state index >= 15 is 0 Å². The summed E-state index contributed by atoms with van der Waals surface area (Å²) in [5, 5.41) is 13.0. The molecule has 0 amide bonds. The van der Waals surface area contributed by atoms with E-state index in [1.54, 1.807) is 0 Å². The van der Waals surface area contributed by atoms with Crippen LogP contribution in [-0.2, 0) is 4.74 Å². The van der Waals surface area contributed by atoms with E-state index in [1.807, 2.05) is 0 Å². The van der Waals surface area contributed by atoms with Crippen molar-refractivity contribution in [2.45, 2.75) is 31.6 Å². The number of hydrogen-bond acceptors (Lipinski definition) is 4. The topological polar surface area (TPSA) is 44.7 Å². The van der Waals surface area contributed by atoms with Gasteiger partial charge in [-0.05, 0) is 13.3 Å². The molecule has 2 fully saturated rings. The van der Waals surface area contributed by atoms with Crippen LogP contribution in [0.1, 0.15) is 13.3 Å². The summed E-state index contributed by atoms with van der Waals surface area (Å²) in [4.78, 5) is 2.36. The second kappa shape index (κ2) is 4.57. The summed E-state index contributed by atoms with van der Waals surface area (Å²) < 4.78 is 5.58. The van der Waals surface area contributed by atoms with E-state index in [0.29, 0.717) is 12.1 Å². The molecule has 2 rings (SSSR count). The Labute approximate surface area is 85.2 Å². The molecule has 0 spiro atoms. The molecule has 0 aromatic heterocycles. The third-order valence-electron chi connectivity index (χ3n) is 3.10. The summed E-state index contributed by atoms with van der Waals surface area (Å²) in [6, 6.07) is 0.291. The van der Waals surface area contributed by atoms with Crippen LogP contribution in [0.25, 0.3) is 0 Å². The van der Waals surface area contributed by atoms with Crippen LogP contribution >= 0.6 is 0 Å². The molecule has 2 saturated heterocycles. The quantitative estimate of drug-likeness (QED) is 0.595. The average molecular weight is 200 g/mol. The Balaban J connectivity index is 1.94. The van der Waals surface area contributed by atoms with E-state index in [4.69, 9.17) is 4.74 Å². The van der Waals surface area contributed by atoms with Crippen molar-refractivity contribution in [3.05, 3.63) is 0 Å². The Kier molecular flexibility index (Phi) is 3.38. The summed E-state index contributed by atoms with van der Waals surface area (Å²) in [5.74, 6) is 0. The maximum Gasteiger partial charge on any atom is 0.0831 e. The average Bonchev–Trinajstić information content (AvgIpc) is 2.45. The number of ether oxygens (including phenoxy) is 1. The molecule has 0 bridgehead atoms. The number of nitrogens with zero attached hydrogens (tertiary/aromatic N) is 1. The van der Waals surface area contributed by atoms with E-state index in [9.17, 15) is 5.11 Å². The normalized spacial score (nSPS) is 41.1. The third-order valence-corrected chi connectivity index (χ3v) is 3.10. The van der Waals surface area contributed by atoms with Crippen LogP contribution in [0.15, 0.2) is 0 Å². The highest BCUT2D eigenvalue weighted by Crippen LogP contribution is 2.14. The van der Waals surface area contributed by atoms with E-state index < -0.39 is 0 Å². The van der Waals surface area contributed by atoms with Gasteiger partial charge in [0.1, 0.15) is 0 Å². The maximum atomic E-state index is 9.77. The molecule has 4 heteroatoms. The predicted molar refractivity (Wildman–Crippen MR) is 54.3 cm³/mol. The van der Waals surface area contributed by atoms with E-state index in [0.717, 1.165) is 39.2 Å². The lowest BCUT2D eigenvalue weighted by Gasteiger charge is -2.29. The highest BCUT2D eigenvalue weighted by atomic mass is 16.5. The van der Waals surface area contributed by atoms with E-state index in [2.05, 4.69) is 17.1 Å². The van der Waals surface area contributed by atoms with E-state index in [-0.39, 0.29) is 6.10 Å². The molecule has 2 aliphatic rings. The number of aliphatic hydroxyl groups excluding tert-OH is 1. The predicted octanol–water partition coefficient (Wildman–Crippen LogP) is -0.570. The SMILES string of the molecule is CC1CN(C2CNCC2O)CCCO1. The smallest absolute Gasteiger partial charge is 0.0831 e. The fourth-order valence-electron chi connectivity index (χ4n) is 2.35. The van der Waals surface area contributed by atoms with Gasteiger partial charge in [-0.2, -0.15) is 0 Å². The minimum Gasteiger partial charge on any atom is -0.390 e. The monoisotopic (exact) mass is 200 g/mol. The Morgan fingerprint density at radius 2 is 2.29 bits per heavy atom. The Hall–Kier alpha value is -0.160. The van der Waals surface area contributed by atoms with Gasteiger partial charge in [-0.3, -0.25) is 4.90 Å². The highest BCUT2D eigenvalue weighted by molar-refractivity contribution is 4.89. The molecule has 0 radical (unpaired) electrons. The zero-order valence-corrected chi connectivity index (χ0v) is 8.78. The molecule has 2 N–H and O–H groups in total. The van der Waals surface area contributed by atoms with Crippen LogP contribution in [0.5, 0.6) is 0 Å². The van der Waals surface area contributed by atoms with Gasteiger partial charge in [-0.1, -0.05) is 0 Å². The number of β-amino-alcohol motifs (C(OH)–C–C–N with tert-alkyl or cyclic N) is 1. The molecule has 0 aromatic carbocycles. The van der Waals surface area contributed by atoms with Crippen LogP contribution < -0.4 is 5.32 Å². The molecule has 82 valence electrons. The van der Waals surface area contributed by atoms with Gasteiger partial charge < -0.3 is 15.2 Å². The van der Waals surface area contributed by atoms with Crippen molar-refractivity contribution in [2.24, 2.45) is 0 Å². The van der Waals surface area contributed by atoms with Crippen molar-refractivity contribution in [3.63, 3.8) is 0 Å². The molecular weight excluding hydrogens is 180 g/mol. The molecule has 2 heterocycles. The summed E-state index contributed by atoms with van der Waals surface area (Å²) in [6.45, 7) is 6.60.